The minimum Gasteiger partial charge on any atom is -0.379 e. The quantitative estimate of drug-likeness (QED) is 0.560. The molecule has 1 heterocycles. The van der Waals surface area contributed by atoms with E-state index in [1.54, 1.807) is 0 Å². The van der Waals surface area contributed by atoms with E-state index < -0.39 is 0 Å². The molecule has 0 aliphatic carbocycles. The highest BCUT2D eigenvalue weighted by atomic mass is 31.1. The standard InChI is InChI=1S/C5H13N2OP/c1-6-9-7-2-4-8-5-3-7/h6,9H,2-5H2,1H3. The van der Waals surface area contributed by atoms with E-state index in [9.17, 15) is 0 Å². The number of hydrogen-bond acceptors (Lipinski definition) is 3. The number of nitrogens with zero attached hydrogens (tertiary/aromatic N) is 1. The van der Waals surface area contributed by atoms with E-state index in [0.29, 0.717) is 0 Å². The van der Waals surface area contributed by atoms with Crippen molar-refractivity contribution in [3.8, 4) is 0 Å². The molecule has 0 aromatic rings. The van der Waals surface area contributed by atoms with Crippen molar-refractivity contribution in [2.24, 2.45) is 0 Å². The maximum Gasteiger partial charge on any atom is 0.0597 e. The number of morpholine rings is 1. The van der Waals surface area contributed by atoms with E-state index >= 15 is 0 Å². The Balaban J connectivity index is 2.08. The monoisotopic (exact) mass is 148 g/mol. The van der Waals surface area contributed by atoms with Crippen molar-refractivity contribution < 1.29 is 4.74 Å². The first kappa shape index (κ1) is 7.42. The summed E-state index contributed by atoms with van der Waals surface area (Å²) in [4.78, 5) is 0. The molecule has 3 nitrogen and oxygen atoms in total. The van der Waals surface area contributed by atoms with Gasteiger partial charge in [0, 0.05) is 22.0 Å². The molecule has 0 bridgehead atoms. The molecule has 0 amide bonds. The van der Waals surface area contributed by atoms with Crippen LogP contribution in [0.15, 0.2) is 0 Å². The molecule has 54 valence electrons. The minimum atomic E-state index is 0.767. The highest BCUT2D eigenvalue weighted by Gasteiger charge is 2.07. The number of rotatable bonds is 2. The van der Waals surface area contributed by atoms with Gasteiger partial charge in [0.1, 0.15) is 0 Å². The van der Waals surface area contributed by atoms with Crippen LogP contribution in [0, 0.1) is 0 Å². The van der Waals surface area contributed by atoms with E-state index in [1.807, 2.05) is 7.05 Å². The molecule has 0 saturated carbocycles. The van der Waals surface area contributed by atoms with Crippen LogP contribution >= 0.6 is 8.88 Å². The van der Waals surface area contributed by atoms with Crippen molar-refractivity contribution in [1.29, 1.82) is 0 Å². The SMILES string of the molecule is CNPN1CCOCC1. The molecule has 1 saturated heterocycles. The highest BCUT2D eigenvalue weighted by molar-refractivity contribution is 7.32. The highest BCUT2D eigenvalue weighted by Crippen LogP contribution is 2.12. The van der Waals surface area contributed by atoms with Gasteiger partial charge < -0.3 is 4.74 Å². The summed E-state index contributed by atoms with van der Waals surface area (Å²) in [7, 11) is 2.75. The molecular weight excluding hydrogens is 135 g/mol. The molecule has 9 heavy (non-hydrogen) atoms. The van der Waals surface area contributed by atoms with Crippen LogP contribution in [0.2, 0.25) is 0 Å². The number of ether oxygens (including phenoxy) is 1. The molecule has 0 radical (unpaired) electrons. The Labute approximate surface area is 57.6 Å². The second kappa shape index (κ2) is 4.18. The second-order valence-electron chi connectivity index (χ2n) is 1.96. The molecule has 4 heteroatoms. The number of hydrogen-bond donors (Lipinski definition) is 1. The van der Waals surface area contributed by atoms with E-state index in [2.05, 4.69) is 9.76 Å². The van der Waals surface area contributed by atoms with Gasteiger partial charge in [-0.2, -0.15) is 0 Å². The second-order valence-corrected chi connectivity index (χ2v) is 3.32. The molecule has 1 unspecified atom stereocenters. The van der Waals surface area contributed by atoms with Gasteiger partial charge in [0.2, 0.25) is 0 Å². The van der Waals surface area contributed by atoms with Gasteiger partial charge in [-0.25, -0.2) is 0 Å². The van der Waals surface area contributed by atoms with Crippen molar-refractivity contribution in [1.82, 2.24) is 9.76 Å². The van der Waals surface area contributed by atoms with Crippen molar-refractivity contribution in [2.75, 3.05) is 33.4 Å². The Bertz CT molecular complexity index is 72.6. The third kappa shape index (κ3) is 2.59. The lowest BCUT2D eigenvalue weighted by Gasteiger charge is -2.25. The lowest BCUT2D eigenvalue weighted by Crippen LogP contribution is -2.31. The molecule has 0 aromatic heterocycles. The summed E-state index contributed by atoms with van der Waals surface area (Å²) in [5, 5.41) is 3.14. The Kier molecular flexibility index (Phi) is 3.44. The summed E-state index contributed by atoms with van der Waals surface area (Å²) in [6.45, 7) is 3.96. The molecule has 1 N–H and O–H groups in total. The Morgan fingerprint density at radius 1 is 1.44 bits per heavy atom. The topological polar surface area (TPSA) is 24.5 Å². The molecule has 1 aliphatic heterocycles. The van der Waals surface area contributed by atoms with Crippen LogP contribution in [0.3, 0.4) is 0 Å². The first-order valence-corrected chi connectivity index (χ1v) is 4.13. The van der Waals surface area contributed by atoms with Crippen LogP contribution in [0.4, 0.5) is 0 Å². The van der Waals surface area contributed by atoms with Crippen LogP contribution in [0.25, 0.3) is 0 Å². The summed E-state index contributed by atoms with van der Waals surface area (Å²) in [5.74, 6) is 0. The largest absolute Gasteiger partial charge is 0.379 e. The molecule has 1 rings (SSSR count). The maximum atomic E-state index is 5.18. The van der Waals surface area contributed by atoms with E-state index in [4.69, 9.17) is 4.74 Å². The van der Waals surface area contributed by atoms with Gasteiger partial charge in [-0.05, 0) is 7.05 Å². The lowest BCUT2D eigenvalue weighted by atomic mass is 10.5. The fourth-order valence-corrected chi connectivity index (χ4v) is 1.56. The summed E-state index contributed by atoms with van der Waals surface area (Å²) < 4.78 is 7.55. The van der Waals surface area contributed by atoms with E-state index in [1.165, 1.54) is 0 Å². The molecule has 0 aromatic carbocycles. The molecular formula is C5H13N2OP. The molecule has 0 spiro atoms. The predicted octanol–water partition coefficient (Wildman–Crippen LogP) is 0.0465. The fourth-order valence-electron chi connectivity index (χ4n) is 0.833. The average molecular weight is 148 g/mol. The number of nitrogens with one attached hydrogen (secondary N) is 1. The Morgan fingerprint density at radius 2 is 2.11 bits per heavy atom. The van der Waals surface area contributed by atoms with E-state index in [-0.39, 0.29) is 0 Å². The van der Waals surface area contributed by atoms with Gasteiger partial charge in [-0.1, -0.05) is 0 Å². The first-order chi connectivity index (χ1) is 4.43. The third-order valence-corrected chi connectivity index (χ3v) is 2.27. The first-order valence-electron chi connectivity index (χ1n) is 3.18. The smallest absolute Gasteiger partial charge is 0.0597 e. The van der Waals surface area contributed by atoms with Gasteiger partial charge in [0.15, 0.2) is 0 Å². The van der Waals surface area contributed by atoms with Crippen LogP contribution in [0.5, 0.6) is 0 Å². The predicted molar refractivity (Wildman–Crippen MR) is 39.8 cm³/mol. The molecule has 1 fully saturated rings. The summed E-state index contributed by atoms with van der Waals surface area (Å²) in [6, 6.07) is 0. The van der Waals surface area contributed by atoms with Gasteiger partial charge >= 0.3 is 0 Å². The molecule has 1 atom stereocenters. The zero-order chi connectivity index (χ0) is 6.53. The average Bonchev–Trinajstić information content (AvgIpc) is 1.91. The van der Waals surface area contributed by atoms with Gasteiger partial charge in [0.25, 0.3) is 0 Å². The fraction of sp³-hybridized carbons (Fsp3) is 1.00. The summed E-state index contributed by atoms with van der Waals surface area (Å²) in [6.07, 6.45) is 0. The van der Waals surface area contributed by atoms with Crippen LogP contribution in [-0.4, -0.2) is 38.0 Å². The zero-order valence-corrected chi connectivity index (χ0v) is 6.68. The Morgan fingerprint density at radius 3 is 2.67 bits per heavy atom. The lowest BCUT2D eigenvalue weighted by molar-refractivity contribution is 0.0756. The van der Waals surface area contributed by atoms with Crippen LogP contribution in [0.1, 0.15) is 0 Å². The maximum absolute atomic E-state index is 5.18. The van der Waals surface area contributed by atoms with E-state index in [0.717, 1.165) is 35.2 Å². The Hall–Kier alpha value is 0.310. The van der Waals surface area contributed by atoms with Crippen molar-refractivity contribution in [3.63, 3.8) is 0 Å². The normalized spacial score (nSPS) is 23.7. The summed E-state index contributed by atoms with van der Waals surface area (Å²) >= 11 is 0. The van der Waals surface area contributed by atoms with Gasteiger partial charge in [0.05, 0.1) is 13.2 Å². The van der Waals surface area contributed by atoms with Crippen LogP contribution < -0.4 is 5.09 Å². The van der Waals surface area contributed by atoms with Gasteiger partial charge in [-0.3, -0.25) is 9.76 Å². The third-order valence-electron chi connectivity index (χ3n) is 1.28. The van der Waals surface area contributed by atoms with Gasteiger partial charge in [-0.15, -0.1) is 0 Å². The van der Waals surface area contributed by atoms with Crippen molar-refractivity contribution >= 4 is 8.88 Å². The minimum absolute atomic E-state index is 0.767. The van der Waals surface area contributed by atoms with Crippen molar-refractivity contribution in [2.45, 2.75) is 0 Å². The zero-order valence-electron chi connectivity index (χ0n) is 5.68. The molecule has 1 aliphatic rings. The summed E-state index contributed by atoms with van der Waals surface area (Å²) in [5.41, 5.74) is 0. The van der Waals surface area contributed by atoms with Crippen molar-refractivity contribution in [3.05, 3.63) is 0 Å². The van der Waals surface area contributed by atoms with Crippen LogP contribution in [-0.2, 0) is 4.74 Å².